The molecule has 0 fully saturated rings. The van der Waals surface area contributed by atoms with Crippen molar-refractivity contribution < 1.29 is 0 Å². The average Bonchev–Trinajstić information content (AvgIpc) is 3.00. The lowest BCUT2D eigenvalue weighted by Gasteiger charge is -2.11. The summed E-state index contributed by atoms with van der Waals surface area (Å²) in [6.45, 7) is 2.08. The highest BCUT2D eigenvalue weighted by molar-refractivity contribution is 9.10. The first-order valence-corrected chi connectivity index (χ1v) is 7.76. The number of halogens is 1. The summed E-state index contributed by atoms with van der Waals surface area (Å²) < 4.78 is 3.06. The van der Waals surface area contributed by atoms with Gasteiger partial charge in [0, 0.05) is 4.47 Å². The van der Waals surface area contributed by atoms with E-state index in [1.54, 1.807) is 0 Å². The first-order chi connectivity index (χ1) is 10.7. The molecule has 0 aliphatic rings. The second kappa shape index (κ2) is 5.10. The highest BCUT2D eigenvalue weighted by Gasteiger charge is 2.10. The quantitative estimate of drug-likeness (QED) is 0.568. The monoisotopic (exact) mass is 352 g/mol. The number of hydrogen-bond acceptors (Lipinski definition) is 3. The van der Waals surface area contributed by atoms with Crippen LogP contribution in [0.2, 0.25) is 0 Å². The molecule has 0 amide bonds. The van der Waals surface area contributed by atoms with Gasteiger partial charge in [0.15, 0.2) is 5.82 Å². The van der Waals surface area contributed by atoms with Gasteiger partial charge in [-0.15, -0.1) is 0 Å². The van der Waals surface area contributed by atoms with Gasteiger partial charge in [-0.2, -0.15) is 0 Å². The number of fused-ring (bicyclic) bond motifs is 3. The number of aryl methyl sites for hydroxylation is 1. The lowest BCUT2D eigenvalue weighted by molar-refractivity contribution is 1.18. The van der Waals surface area contributed by atoms with Gasteiger partial charge in [-0.25, -0.2) is 9.97 Å². The summed E-state index contributed by atoms with van der Waals surface area (Å²) in [5.74, 6) is 0.792. The number of benzene rings is 2. The maximum Gasteiger partial charge on any atom is 0.157 e. The molecule has 0 bridgehead atoms. The van der Waals surface area contributed by atoms with Crippen LogP contribution in [0.3, 0.4) is 0 Å². The van der Waals surface area contributed by atoms with Gasteiger partial charge in [0.1, 0.15) is 5.52 Å². The van der Waals surface area contributed by atoms with E-state index in [0.717, 1.165) is 32.5 Å². The summed E-state index contributed by atoms with van der Waals surface area (Å²) in [6.07, 6.45) is 3.65. The van der Waals surface area contributed by atoms with Crippen LogP contribution in [0.4, 0.5) is 11.5 Å². The molecule has 0 saturated heterocycles. The second-order valence-electron chi connectivity index (χ2n) is 5.21. The zero-order valence-electron chi connectivity index (χ0n) is 11.9. The van der Waals surface area contributed by atoms with Crippen molar-refractivity contribution in [1.82, 2.24) is 14.4 Å². The number of nitrogens with zero attached hydrogens (tertiary/aromatic N) is 3. The molecule has 1 N–H and O–H groups in total. The maximum atomic E-state index is 4.76. The fourth-order valence-electron chi connectivity index (χ4n) is 2.54. The van der Waals surface area contributed by atoms with Crippen molar-refractivity contribution in [3.05, 3.63) is 65.0 Å². The Kier molecular flexibility index (Phi) is 3.08. The predicted molar refractivity (Wildman–Crippen MR) is 92.7 cm³/mol. The van der Waals surface area contributed by atoms with Crippen molar-refractivity contribution in [3.8, 4) is 0 Å². The van der Waals surface area contributed by atoms with E-state index in [0.29, 0.717) is 0 Å². The molecule has 0 atom stereocenters. The molecule has 4 rings (SSSR count). The first kappa shape index (κ1) is 13.3. The predicted octanol–water partition coefficient (Wildman–Crippen LogP) is 4.70. The highest BCUT2D eigenvalue weighted by atomic mass is 79.9. The minimum atomic E-state index is 0.792. The molecule has 4 aromatic rings. The van der Waals surface area contributed by atoms with E-state index in [-0.39, 0.29) is 0 Å². The van der Waals surface area contributed by atoms with Crippen molar-refractivity contribution in [2.75, 3.05) is 5.32 Å². The number of rotatable bonds is 2. The highest BCUT2D eigenvalue weighted by Crippen LogP contribution is 2.28. The summed E-state index contributed by atoms with van der Waals surface area (Å²) in [5.41, 5.74) is 5.13. The molecule has 0 unspecified atom stereocenters. The summed E-state index contributed by atoms with van der Waals surface area (Å²) in [5, 5.41) is 3.39. The minimum Gasteiger partial charge on any atom is -0.337 e. The van der Waals surface area contributed by atoms with Crippen LogP contribution in [0.1, 0.15) is 5.56 Å². The Hall–Kier alpha value is -2.40. The van der Waals surface area contributed by atoms with E-state index >= 15 is 0 Å². The molecule has 4 nitrogen and oxygen atoms in total. The van der Waals surface area contributed by atoms with Crippen molar-refractivity contribution in [2.45, 2.75) is 6.92 Å². The van der Waals surface area contributed by atoms with Gasteiger partial charge >= 0.3 is 0 Å². The number of nitrogens with one attached hydrogen (secondary N) is 1. The third kappa shape index (κ3) is 2.14. The number of aromatic nitrogens is 3. The fraction of sp³-hybridized carbons (Fsp3) is 0.0588. The summed E-state index contributed by atoms with van der Waals surface area (Å²) in [7, 11) is 0. The first-order valence-electron chi connectivity index (χ1n) is 6.96. The Morgan fingerprint density at radius 1 is 1.09 bits per heavy atom. The molecular formula is C17H13BrN4. The van der Waals surface area contributed by atoms with Crippen molar-refractivity contribution in [2.24, 2.45) is 0 Å². The van der Waals surface area contributed by atoms with Crippen molar-refractivity contribution >= 4 is 44.0 Å². The van der Waals surface area contributed by atoms with E-state index in [1.807, 2.05) is 42.9 Å². The molecular weight excluding hydrogens is 340 g/mol. The average molecular weight is 353 g/mol. The number of imidazole rings is 1. The second-order valence-corrected chi connectivity index (χ2v) is 6.06. The van der Waals surface area contributed by atoms with Gasteiger partial charge < -0.3 is 5.32 Å². The molecule has 22 heavy (non-hydrogen) atoms. The van der Waals surface area contributed by atoms with E-state index in [9.17, 15) is 0 Å². The van der Waals surface area contributed by atoms with Gasteiger partial charge in [-0.05, 0) is 52.7 Å². The van der Waals surface area contributed by atoms with E-state index in [1.165, 1.54) is 5.56 Å². The molecule has 2 heterocycles. The molecule has 5 heteroatoms. The number of hydrogen-bond donors (Lipinski definition) is 1. The zero-order chi connectivity index (χ0) is 15.1. The van der Waals surface area contributed by atoms with E-state index in [2.05, 4.69) is 49.7 Å². The summed E-state index contributed by atoms with van der Waals surface area (Å²) >= 11 is 3.56. The van der Waals surface area contributed by atoms with Crippen LogP contribution in [0.5, 0.6) is 0 Å². The lowest BCUT2D eigenvalue weighted by Crippen LogP contribution is -1.99. The van der Waals surface area contributed by atoms with Gasteiger partial charge in [0.2, 0.25) is 0 Å². The third-order valence-corrected chi connectivity index (χ3v) is 4.32. The van der Waals surface area contributed by atoms with Gasteiger partial charge in [0.05, 0.1) is 29.2 Å². The van der Waals surface area contributed by atoms with Crippen molar-refractivity contribution in [1.29, 1.82) is 0 Å². The van der Waals surface area contributed by atoms with Crippen LogP contribution < -0.4 is 5.32 Å². The molecule has 0 aliphatic heterocycles. The number of para-hydroxylation sites is 1. The third-order valence-electron chi connectivity index (χ3n) is 3.63. The smallest absolute Gasteiger partial charge is 0.157 e. The zero-order valence-corrected chi connectivity index (χ0v) is 13.5. The molecule has 0 saturated carbocycles. The van der Waals surface area contributed by atoms with E-state index in [4.69, 9.17) is 4.98 Å². The Morgan fingerprint density at radius 3 is 2.82 bits per heavy atom. The van der Waals surface area contributed by atoms with Gasteiger partial charge in [0.25, 0.3) is 0 Å². The maximum absolute atomic E-state index is 4.76. The van der Waals surface area contributed by atoms with Crippen LogP contribution in [0.25, 0.3) is 16.6 Å². The standard InChI is InChI=1S/C17H13BrN4/c1-11-6-7-14-15(8-11)22-10-19-9-16(22)17(21-14)20-13-5-3-2-4-12(13)18/h2-10H,1H3,(H,20,21). The Morgan fingerprint density at radius 2 is 1.95 bits per heavy atom. The summed E-state index contributed by atoms with van der Waals surface area (Å²) in [4.78, 5) is 9.04. The molecule has 0 spiro atoms. The molecule has 2 aromatic heterocycles. The Labute approximate surface area is 136 Å². The number of anilines is 2. The van der Waals surface area contributed by atoms with Crippen LogP contribution in [0, 0.1) is 6.92 Å². The fourth-order valence-corrected chi connectivity index (χ4v) is 2.93. The Balaban J connectivity index is 1.95. The largest absolute Gasteiger partial charge is 0.337 e. The van der Waals surface area contributed by atoms with Crippen LogP contribution >= 0.6 is 15.9 Å². The van der Waals surface area contributed by atoms with Crippen LogP contribution in [-0.2, 0) is 0 Å². The van der Waals surface area contributed by atoms with Crippen LogP contribution in [0.15, 0.2) is 59.5 Å². The van der Waals surface area contributed by atoms with Crippen LogP contribution in [-0.4, -0.2) is 14.4 Å². The molecule has 0 radical (unpaired) electrons. The Bertz CT molecular complexity index is 990. The van der Waals surface area contributed by atoms with Crippen molar-refractivity contribution in [3.63, 3.8) is 0 Å². The SMILES string of the molecule is Cc1ccc2nc(Nc3ccccc3Br)c3cncn3c2c1. The lowest BCUT2D eigenvalue weighted by atomic mass is 10.2. The normalized spacial score (nSPS) is 11.2. The molecule has 108 valence electrons. The topological polar surface area (TPSA) is 42.2 Å². The summed E-state index contributed by atoms with van der Waals surface area (Å²) in [6, 6.07) is 14.2. The minimum absolute atomic E-state index is 0.792. The van der Waals surface area contributed by atoms with Gasteiger partial charge in [-0.1, -0.05) is 18.2 Å². The molecule has 0 aliphatic carbocycles. The van der Waals surface area contributed by atoms with E-state index < -0.39 is 0 Å². The van der Waals surface area contributed by atoms with Gasteiger partial charge in [-0.3, -0.25) is 4.40 Å². The molecule has 2 aromatic carbocycles.